The average molecular weight is 456 g/mol. The number of hydrogen-bond acceptors (Lipinski definition) is 5. The van der Waals surface area contributed by atoms with E-state index < -0.39 is 0 Å². The Labute approximate surface area is 194 Å². The Balaban J connectivity index is 0.00000122. The van der Waals surface area contributed by atoms with Crippen LogP contribution in [-0.2, 0) is 9.59 Å². The molecule has 1 unspecified atom stereocenters. The number of benzene rings is 2. The van der Waals surface area contributed by atoms with Gasteiger partial charge in [-0.2, -0.15) is 0 Å². The van der Waals surface area contributed by atoms with Crippen molar-refractivity contribution in [2.45, 2.75) is 45.6 Å². The number of hydrogen-bond donors (Lipinski definition) is 3. The summed E-state index contributed by atoms with van der Waals surface area (Å²) < 4.78 is 5.34. The summed E-state index contributed by atoms with van der Waals surface area (Å²) in [6.45, 7) is 4.56. The van der Waals surface area contributed by atoms with E-state index in [9.17, 15) is 9.59 Å². The molecule has 1 aliphatic rings. The minimum absolute atomic E-state index is 0.0135. The number of amides is 2. The molecule has 3 rings (SSSR count). The van der Waals surface area contributed by atoms with Crippen molar-refractivity contribution >= 4 is 29.7 Å². The molecule has 2 aromatic rings. The van der Waals surface area contributed by atoms with Crippen molar-refractivity contribution in [2.24, 2.45) is 0 Å². The lowest BCUT2D eigenvalue weighted by atomic mass is 10.1. The monoisotopic (exact) mass is 455 g/mol. The van der Waals surface area contributed by atoms with E-state index >= 15 is 0 Å². The van der Waals surface area contributed by atoms with Gasteiger partial charge in [0, 0.05) is 11.3 Å². The highest BCUT2D eigenvalue weighted by atomic mass is 16.5. The number of likely N-dealkylation sites (tertiary alicyclic amines) is 1. The van der Waals surface area contributed by atoms with E-state index in [1.807, 2.05) is 45.2 Å². The highest BCUT2D eigenvalue weighted by Crippen LogP contribution is 2.27. The van der Waals surface area contributed by atoms with Crippen LogP contribution in [0.1, 0.15) is 47.2 Å². The summed E-state index contributed by atoms with van der Waals surface area (Å²) in [5, 5.41) is 12.8. The smallest absolute Gasteiger partial charge is 0.290 e. The molecule has 0 saturated carbocycles. The van der Waals surface area contributed by atoms with E-state index in [-0.39, 0.29) is 24.3 Å². The van der Waals surface area contributed by atoms with Crippen LogP contribution in [0.5, 0.6) is 5.75 Å². The Morgan fingerprint density at radius 2 is 1.79 bits per heavy atom. The van der Waals surface area contributed by atoms with Crippen LogP contribution < -0.4 is 15.4 Å². The van der Waals surface area contributed by atoms with E-state index in [4.69, 9.17) is 14.6 Å². The third-order valence-electron chi connectivity index (χ3n) is 5.68. The van der Waals surface area contributed by atoms with Gasteiger partial charge in [-0.15, -0.1) is 0 Å². The third-order valence-corrected chi connectivity index (χ3v) is 5.68. The minimum Gasteiger partial charge on any atom is -0.495 e. The zero-order chi connectivity index (χ0) is 24.4. The molecular formula is C25H33N3O5. The summed E-state index contributed by atoms with van der Waals surface area (Å²) in [5.74, 6) is 0.340. The summed E-state index contributed by atoms with van der Waals surface area (Å²) in [5.41, 5.74) is 3.71. The number of nitrogens with zero attached hydrogens (tertiary/aromatic N) is 1. The number of aryl methyl sites for hydroxylation is 2. The van der Waals surface area contributed by atoms with Crippen LogP contribution in [-0.4, -0.2) is 55.0 Å². The molecule has 0 aliphatic carbocycles. The van der Waals surface area contributed by atoms with Crippen molar-refractivity contribution < 1.29 is 24.2 Å². The first-order chi connectivity index (χ1) is 15.8. The predicted molar refractivity (Wildman–Crippen MR) is 129 cm³/mol. The van der Waals surface area contributed by atoms with Crippen LogP contribution in [0.25, 0.3) is 0 Å². The highest BCUT2D eigenvalue weighted by Gasteiger charge is 2.25. The van der Waals surface area contributed by atoms with Gasteiger partial charge in [0.25, 0.3) is 12.4 Å². The zero-order valence-electron chi connectivity index (χ0n) is 19.7. The van der Waals surface area contributed by atoms with Crippen molar-refractivity contribution in [2.75, 3.05) is 31.3 Å². The molecule has 0 bridgehead atoms. The Morgan fingerprint density at radius 3 is 2.48 bits per heavy atom. The standard InChI is InChI=1S/C24H31N3O3.CH2O2/c1-16-9-12-22(30-4)20(14-16)26-23(28)18-11-10-17(2)19(15-18)25-24(29)21-8-6-5-7-13-27(21)3;2-1-3/h9-12,14-15,21H,5-8,13H2,1-4H3,(H,25,29)(H,26,28);1H,(H,2,3). The maximum Gasteiger partial charge on any atom is 0.290 e. The first kappa shape index (κ1) is 25.9. The summed E-state index contributed by atoms with van der Waals surface area (Å²) in [6.07, 6.45) is 4.19. The number of rotatable bonds is 5. The van der Waals surface area contributed by atoms with Crippen LogP contribution in [0.2, 0.25) is 0 Å². The molecule has 8 nitrogen and oxygen atoms in total. The molecule has 3 N–H and O–H groups in total. The third kappa shape index (κ3) is 7.32. The highest BCUT2D eigenvalue weighted by molar-refractivity contribution is 6.06. The Bertz CT molecular complexity index is 977. The van der Waals surface area contributed by atoms with E-state index in [0.717, 1.165) is 43.4 Å². The molecule has 0 aromatic heterocycles. The van der Waals surface area contributed by atoms with Crippen LogP contribution in [0.15, 0.2) is 36.4 Å². The molecular weight excluding hydrogens is 422 g/mol. The number of carbonyl (C=O) groups excluding carboxylic acids is 2. The molecule has 178 valence electrons. The zero-order valence-corrected chi connectivity index (χ0v) is 19.7. The molecule has 1 aliphatic heterocycles. The van der Waals surface area contributed by atoms with Gasteiger partial charge >= 0.3 is 0 Å². The van der Waals surface area contributed by atoms with Crippen molar-refractivity contribution in [3.63, 3.8) is 0 Å². The number of carboxylic acid groups (broad SMARTS) is 1. The second-order valence-electron chi connectivity index (χ2n) is 8.13. The lowest BCUT2D eigenvalue weighted by Gasteiger charge is -2.25. The van der Waals surface area contributed by atoms with Gasteiger partial charge in [-0.05, 0) is 75.7 Å². The van der Waals surface area contributed by atoms with Crippen molar-refractivity contribution in [3.8, 4) is 5.75 Å². The van der Waals surface area contributed by atoms with Crippen molar-refractivity contribution in [1.82, 2.24) is 4.90 Å². The molecule has 2 amide bonds. The van der Waals surface area contributed by atoms with E-state index in [1.165, 1.54) is 0 Å². The van der Waals surface area contributed by atoms with Crippen LogP contribution in [0.3, 0.4) is 0 Å². The van der Waals surface area contributed by atoms with Crippen molar-refractivity contribution in [3.05, 3.63) is 53.1 Å². The topological polar surface area (TPSA) is 108 Å². The van der Waals surface area contributed by atoms with Gasteiger partial charge in [0.1, 0.15) is 5.75 Å². The molecule has 1 heterocycles. The summed E-state index contributed by atoms with van der Waals surface area (Å²) in [7, 11) is 3.58. The Morgan fingerprint density at radius 1 is 1.06 bits per heavy atom. The summed E-state index contributed by atoms with van der Waals surface area (Å²) in [4.78, 5) is 36.2. The van der Waals surface area contributed by atoms with Gasteiger partial charge in [-0.3, -0.25) is 19.3 Å². The number of methoxy groups -OCH3 is 1. The molecule has 1 saturated heterocycles. The van der Waals surface area contributed by atoms with Gasteiger partial charge in [0.05, 0.1) is 18.8 Å². The molecule has 0 spiro atoms. The molecule has 1 fully saturated rings. The van der Waals surface area contributed by atoms with Gasteiger partial charge in [0.15, 0.2) is 0 Å². The molecule has 0 radical (unpaired) electrons. The number of nitrogens with one attached hydrogen (secondary N) is 2. The van der Waals surface area contributed by atoms with Crippen LogP contribution in [0, 0.1) is 13.8 Å². The SMILES string of the molecule is COc1ccc(C)cc1NC(=O)c1ccc(C)c(NC(=O)C2CCCCCN2C)c1.O=CO. The maximum absolute atomic E-state index is 12.9. The van der Waals surface area contributed by atoms with Gasteiger partial charge < -0.3 is 20.5 Å². The molecule has 33 heavy (non-hydrogen) atoms. The summed E-state index contributed by atoms with van der Waals surface area (Å²) >= 11 is 0. The largest absolute Gasteiger partial charge is 0.495 e. The van der Waals surface area contributed by atoms with Crippen molar-refractivity contribution in [1.29, 1.82) is 0 Å². The Hall–Kier alpha value is -3.39. The van der Waals surface area contributed by atoms with E-state index in [1.54, 1.807) is 19.2 Å². The van der Waals surface area contributed by atoms with Gasteiger partial charge in [-0.1, -0.05) is 25.0 Å². The molecule has 1 atom stereocenters. The Kier molecular flexibility index (Phi) is 9.87. The fourth-order valence-electron chi connectivity index (χ4n) is 3.81. The average Bonchev–Trinajstić information content (AvgIpc) is 3.00. The van der Waals surface area contributed by atoms with E-state index in [0.29, 0.717) is 22.7 Å². The first-order valence-electron chi connectivity index (χ1n) is 11.0. The fraction of sp³-hybridized carbons (Fsp3) is 0.400. The second kappa shape index (κ2) is 12.6. The van der Waals surface area contributed by atoms with Crippen LogP contribution >= 0.6 is 0 Å². The fourth-order valence-corrected chi connectivity index (χ4v) is 3.81. The predicted octanol–water partition coefficient (Wildman–Crippen LogP) is 4.08. The molecule has 8 heteroatoms. The van der Waals surface area contributed by atoms with E-state index in [2.05, 4.69) is 15.5 Å². The maximum atomic E-state index is 12.9. The lowest BCUT2D eigenvalue weighted by molar-refractivity contribution is -0.123. The van der Waals surface area contributed by atoms with Crippen LogP contribution in [0.4, 0.5) is 11.4 Å². The number of likely N-dealkylation sites (N-methyl/N-ethyl adjacent to an activating group) is 1. The minimum atomic E-state index is -0.250. The first-order valence-corrected chi connectivity index (χ1v) is 11.0. The molecule has 2 aromatic carbocycles. The quantitative estimate of drug-likeness (QED) is 0.587. The summed E-state index contributed by atoms with van der Waals surface area (Å²) in [6, 6.07) is 10.8. The second-order valence-corrected chi connectivity index (χ2v) is 8.13. The number of ether oxygens (including phenoxy) is 1. The van der Waals surface area contributed by atoms with Gasteiger partial charge in [-0.25, -0.2) is 0 Å². The number of anilines is 2. The normalized spacial score (nSPS) is 15.9. The van der Waals surface area contributed by atoms with Gasteiger partial charge in [0.2, 0.25) is 5.91 Å². The lowest BCUT2D eigenvalue weighted by Crippen LogP contribution is -2.41. The number of carbonyl (C=O) groups is 3.